The van der Waals surface area contributed by atoms with Crippen LogP contribution >= 0.6 is 11.6 Å². The number of imidazole rings is 1. The number of alkyl halides is 3. The Morgan fingerprint density at radius 3 is 2.60 bits per heavy atom. The molecule has 1 N–H and O–H groups in total. The molecule has 2 rings (SSSR count). The smallest absolute Gasteiger partial charge is 0.426 e. The summed E-state index contributed by atoms with van der Waals surface area (Å²) in [6, 6.07) is 3.91. The van der Waals surface area contributed by atoms with Gasteiger partial charge in [0, 0.05) is 5.02 Å². The third-order valence-corrected chi connectivity index (χ3v) is 2.08. The van der Waals surface area contributed by atoms with Gasteiger partial charge in [-0.3, -0.25) is 0 Å². The highest BCUT2D eigenvalue weighted by molar-refractivity contribution is 6.31. The second-order valence-electron chi connectivity index (χ2n) is 2.88. The van der Waals surface area contributed by atoms with E-state index in [9.17, 15) is 18.4 Å². The van der Waals surface area contributed by atoms with Gasteiger partial charge in [0.2, 0.25) is 0 Å². The number of hydrogen-bond acceptors (Lipinski definition) is 2. The highest BCUT2D eigenvalue weighted by Gasteiger charge is 2.38. The van der Waals surface area contributed by atoms with E-state index in [1.807, 2.05) is 0 Å². The highest BCUT2D eigenvalue weighted by Crippen LogP contribution is 2.31. The first-order valence-corrected chi connectivity index (χ1v) is 4.22. The van der Waals surface area contributed by atoms with Crippen LogP contribution in [0.4, 0.5) is 13.2 Å². The summed E-state index contributed by atoms with van der Waals surface area (Å²) >= 11 is 5.58. The summed E-state index contributed by atoms with van der Waals surface area (Å²) < 4.78 is 36.9. The molecule has 0 spiro atoms. The number of halogens is 4. The summed E-state index contributed by atoms with van der Waals surface area (Å²) in [5, 5.41) is 9.45. The number of fused-ring (bicyclic) bond motifs is 1. The molecule has 2 aromatic rings. The topological polar surface area (TPSA) is 38.0 Å². The lowest BCUT2D eigenvalue weighted by molar-refractivity contribution is -0.153. The van der Waals surface area contributed by atoms with Crippen LogP contribution in [0.25, 0.3) is 11.0 Å². The average Bonchev–Trinajstić information content (AvgIpc) is 2.43. The van der Waals surface area contributed by atoms with Gasteiger partial charge in [-0.15, -0.1) is 0 Å². The van der Waals surface area contributed by atoms with Gasteiger partial charge in [-0.2, -0.15) is 17.9 Å². The summed E-state index contributed by atoms with van der Waals surface area (Å²) in [6.07, 6.45) is -4.69. The molecular formula is C8H4ClF3N2O. The zero-order chi connectivity index (χ0) is 11.2. The molecule has 3 nitrogen and oxygen atoms in total. The van der Waals surface area contributed by atoms with Crippen LogP contribution in [0.5, 0.6) is 0 Å². The van der Waals surface area contributed by atoms with E-state index in [4.69, 9.17) is 11.6 Å². The Balaban J connectivity index is 2.76. The van der Waals surface area contributed by atoms with Gasteiger partial charge in [0.05, 0.1) is 5.52 Å². The summed E-state index contributed by atoms with van der Waals surface area (Å²) in [6.45, 7) is 0. The summed E-state index contributed by atoms with van der Waals surface area (Å²) in [5.41, 5.74) is -0.0379. The number of rotatable bonds is 0. The second kappa shape index (κ2) is 3.03. The lowest BCUT2D eigenvalue weighted by atomic mass is 10.3. The van der Waals surface area contributed by atoms with Crippen molar-refractivity contribution in [1.82, 2.24) is 9.71 Å². The van der Waals surface area contributed by atoms with Gasteiger partial charge in [-0.1, -0.05) is 11.6 Å². The molecule has 0 fully saturated rings. The van der Waals surface area contributed by atoms with Crippen molar-refractivity contribution in [3.05, 3.63) is 29.0 Å². The average molecular weight is 237 g/mol. The Bertz CT molecular complexity index is 520. The zero-order valence-electron chi connectivity index (χ0n) is 7.09. The van der Waals surface area contributed by atoms with Crippen LogP contribution in [-0.2, 0) is 6.18 Å². The molecule has 0 aliphatic rings. The molecule has 0 amide bonds. The van der Waals surface area contributed by atoms with Gasteiger partial charge in [0.1, 0.15) is 5.52 Å². The van der Waals surface area contributed by atoms with Gasteiger partial charge < -0.3 is 5.21 Å². The van der Waals surface area contributed by atoms with Gasteiger partial charge in [0.25, 0.3) is 5.82 Å². The standard InChI is InChI=1S/C8H4ClF3N2O/c9-4-1-2-5-6(3-4)14(15)7(13-5)8(10,11)12/h1-3,15H. The predicted molar refractivity (Wildman–Crippen MR) is 46.9 cm³/mol. The van der Waals surface area contributed by atoms with E-state index < -0.39 is 12.0 Å². The van der Waals surface area contributed by atoms with Crippen molar-refractivity contribution in [3.63, 3.8) is 0 Å². The van der Waals surface area contributed by atoms with E-state index in [2.05, 4.69) is 4.98 Å². The largest absolute Gasteiger partial charge is 0.453 e. The highest BCUT2D eigenvalue weighted by atomic mass is 35.5. The quantitative estimate of drug-likeness (QED) is 0.714. The third-order valence-electron chi connectivity index (χ3n) is 1.85. The van der Waals surface area contributed by atoms with E-state index in [1.54, 1.807) is 0 Å². The molecule has 0 bridgehead atoms. The van der Waals surface area contributed by atoms with Gasteiger partial charge >= 0.3 is 6.18 Å². The van der Waals surface area contributed by atoms with Crippen molar-refractivity contribution >= 4 is 22.6 Å². The second-order valence-corrected chi connectivity index (χ2v) is 3.31. The molecule has 0 aliphatic heterocycles. The molecule has 0 radical (unpaired) electrons. The van der Waals surface area contributed by atoms with Crippen LogP contribution in [0.15, 0.2) is 18.2 Å². The maximum Gasteiger partial charge on any atom is 0.453 e. The van der Waals surface area contributed by atoms with Gasteiger partial charge in [-0.25, -0.2) is 4.98 Å². The van der Waals surface area contributed by atoms with Crippen molar-refractivity contribution < 1.29 is 18.4 Å². The van der Waals surface area contributed by atoms with E-state index in [0.717, 1.165) is 0 Å². The van der Waals surface area contributed by atoms with E-state index in [1.165, 1.54) is 18.2 Å². The zero-order valence-corrected chi connectivity index (χ0v) is 7.84. The van der Waals surface area contributed by atoms with Crippen molar-refractivity contribution in [2.24, 2.45) is 0 Å². The van der Waals surface area contributed by atoms with Crippen LogP contribution in [0.2, 0.25) is 5.02 Å². The minimum Gasteiger partial charge on any atom is -0.426 e. The van der Waals surface area contributed by atoms with Crippen LogP contribution in [0, 0.1) is 0 Å². The molecule has 1 heterocycles. The number of nitrogens with zero attached hydrogens (tertiary/aromatic N) is 2. The maximum absolute atomic E-state index is 12.3. The Kier molecular flexibility index (Phi) is 2.04. The van der Waals surface area contributed by atoms with Crippen molar-refractivity contribution in [2.75, 3.05) is 0 Å². The summed E-state index contributed by atoms with van der Waals surface area (Å²) in [7, 11) is 0. The van der Waals surface area contributed by atoms with Crippen molar-refractivity contribution in [1.29, 1.82) is 0 Å². The Labute approximate surface area is 86.7 Å². The molecular weight excluding hydrogens is 233 g/mol. The fraction of sp³-hybridized carbons (Fsp3) is 0.125. The number of aromatic nitrogens is 2. The predicted octanol–water partition coefficient (Wildman–Crippen LogP) is 2.95. The molecule has 80 valence electrons. The normalized spacial score (nSPS) is 12.3. The fourth-order valence-electron chi connectivity index (χ4n) is 1.22. The Morgan fingerprint density at radius 1 is 1.33 bits per heavy atom. The van der Waals surface area contributed by atoms with Gasteiger partial charge in [-0.05, 0) is 18.2 Å². The maximum atomic E-state index is 12.3. The molecule has 0 aliphatic carbocycles. The molecule has 15 heavy (non-hydrogen) atoms. The summed E-state index contributed by atoms with van der Waals surface area (Å²) in [4.78, 5) is 3.25. The first-order valence-electron chi connectivity index (χ1n) is 3.84. The molecule has 0 unspecified atom stereocenters. The first-order chi connectivity index (χ1) is 6.89. The van der Waals surface area contributed by atoms with E-state index >= 15 is 0 Å². The lowest BCUT2D eigenvalue weighted by Gasteiger charge is -2.03. The molecule has 0 saturated heterocycles. The fourth-order valence-corrected chi connectivity index (χ4v) is 1.39. The number of benzene rings is 1. The SMILES string of the molecule is On1c(C(F)(F)F)nc2ccc(Cl)cc21. The van der Waals surface area contributed by atoms with E-state index in [-0.39, 0.29) is 20.8 Å². The minimum atomic E-state index is -4.69. The van der Waals surface area contributed by atoms with Crippen LogP contribution in [0.1, 0.15) is 5.82 Å². The molecule has 7 heteroatoms. The third kappa shape index (κ3) is 1.61. The van der Waals surface area contributed by atoms with Crippen molar-refractivity contribution in [2.45, 2.75) is 6.18 Å². The molecule has 0 saturated carbocycles. The molecule has 1 aromatic heterocycles. The monoisotopic (exact) mass is 236 g/mol. The molecule has 1 aromatic carbocycles. The Morgan fingerprint density at radius 2 is 2.00 bits per heavy atom. The Hall–Kier alpha value is -1.43. The molecule has 0 atom stereocenters. The van der Waals surface area contributed by atoms with Crippen LogP contribution in [-0.4, -0.2) is 14.9 Å². The van der Waals surface area contributed by atoms with E-state index in [0.29, 0.717) is 0 Å². The van der Waals surface area contributed by atoms with Crippen LogP contribution < -0.4 is 0 Å². The first kappa shape index (κ1) is 10.1. The van der Waals surface area contributed by atoms with Crippen LogP contribution in [0.3, 0.4) is 0 Å². The number of hydrogen-bond donors (Lipinski definition) is 1. The summed E-state index contributed by atoms with van der Waals surface area (Å²) in [5.74, 6) is -1.36. The van der Waals surface area contributed by atoms with Gasteiger partial charge in [0.15, 0.2) is 0 Å². The van der Waals surface area contributed by atoms with Crippen molar-refractivity contribution in [3.8, 4) is 0 Å². The minimum absolute atomic E-state index is 0.0127. The lowest BCUT2D eigenvalue weighted by Crippen LogP contribution is -2.12.